The van der Waals surface area contributed by atoms with Gasteiger partial charge in [0.25, 0.3) is 0 Å². The van der Waals surface area contributed by atoms with E-state index in [9.17, 15) is 0 Å². The number of aryl methyl sites for hydroxylation is 2. The van der Waals surface area contributed by atoms with Crippen molar-refractivity contribution >= 4 is 14.8 Å². The van der Waals surface area contributed by atoms with Crippen LogP contribution in [0.2, 0.25) is 19.6 Å². The molecular formula is C26H33NSi. The van der Waals surface area contributed by atoms with Crippen molar-refractivity contribution in [3.63, 3.8) is 0 Å². The zero-order valence-electron chi connectivity index (χ0n) is 18.4. The SMILES string of the molecule is C=[N+]1C=C([Si](C)(C)C)C(C(C)C)=C[C-]1c1cc(C)c(-c2ccccc2)cc1C. The molecule has 3 rings (SSSR count). The van der Waals surface area contributed by atoms with Crippen LogP contribution in [-0.2, 0) is 0 Å². The van der Waals surface area contributed by atoms with Crippen molar-refractivity contribution in [3.05, 3.63) is 88.2 Å². The van der Waals surface area contributed by atoms with Gasteiger partial charge in [-0.3, -0.25) is 4.58 Å². The van der Waals surface area contributed by atoms with E-state index in [0.29, 0.717) is 5.92 Å². The fourth-order valence-corrected chi connectivity index (χ4v) is 5.74. The molecule has 1 nitrogen and oxygen atoms in total. The van der Waals surface area contributed by atoms with Crippen LogP contribution >= 0.6 is 0 Å². The fraction of sp³-hybridized carbons (Fsp3) is 0.308. The van der Waals surface area contributed by atoms with Crippen molar-refractivity contribution in [3.8, 4) is 11.1 Å². The smallest absolute Gasteiger partial charge is 0.147 e. The fourth-order valence-electron chi connectivity index (χ4n) is 3.97. The highest BCUT2D eigenvalue weighted by Gasteiger charge is 2.30. The minimum atomic E-state index is -1.43. The topological polar surface area (TPSA) is 3.01 Å². The maximum absolute atomic E-state index is 4.36. The van der Waals surface area contributed by atoms with Crippen LogP contribution in [0, 0.1) is 25.8 Å². The molecule has 0 radical (unpaired) electrons. The molecule has 0 atom stereocenters. The second kappa shape index (κ2) is 7.60. The van der Waals surface area contributed by atoms with E-state index >= 15 is 0 Å². The van der Waals surface area contributed by atoms with Crippen LogP contribution in [-0.4, -0.2) is 19.4 Å². The molecular weight excluding hydrogens is 354 g/mol. The lowest BCUT2D eigenvalue weighted by Gasteiger charge is -2.33. The molecule has 0 saturated carbocycles. The average molecular weight is 388 g/mol. The average Bonchev–Trinajstić information content (AvgIpc) is 2.63. The second-order valence-electron chi connectivity index (χ2n) is 9.25. The summed E-state index contributed by atoms with van der Waals surface area (Å²) < 4.78 is 2.09. The molecule has 0 saturated heterocycles. The number of hydrogen-bond donors (Lipinski definition) is 0. The lowest BCUT2D eigenvalue weighted by Crippen LogP contribution is -2.32. The molecule has 1 aliphatic rings. The van der Waals surface area contributed by atoms with Crippen LogP contribution < -0.4 is 0 Å². The summed E-state index contributed by atoms with van der Waals surface area (Å²) in [6.45, 7) is 20.6. The largest absolute Gasteiger partial charge is 0.255 e. The summed E-state index contributed by atoms with van der Waals surface area (Å²) in [6, 6.07) is 16.5. The number of hydrogen-bond acceptors (Lipinski definition) is 0. The molecule has 2 aromatic carbocycles. The minimum absolute atomic E-state index is 0.506. The van der Waals surface area contributed by atoms with Crippen LogP contribution in [0.4, 0.5) is 0 Å². The highest BCUT2D eigenvalue weighted by Crippen LogP contribution is 2.37. The Bertz CT molecular complexity index is 956. The Morgan fingerprint density at radius 3 is 2.18 bits per heavy atom. The van der Waals surface area contributed by atoms with E-state index in [1.807, 2.05) is 0 Å². The van der Waals surface area contributed by atoms with Gasteiger partial charge in [-0.1, -0.05) is 99.6 Å². The first-order chi connectivity index (χ1) is 13.1. The van der Waals surface area contributed by atoms with Gasteiger partial charge >= 0.3 is 0 Å². The summed E-state index contributed by atoms with van der Waals surface area (Å²) in [5, 5.41) is 1.51. The molecule has 0 fully saturated rings. The molecule has 0 aromatic heterocycles. The minimum Gasteiger partial charge on any atom is -0.255 e. The molecule has 0 N–H and O–H groups in total. The van der Waals surface area contributed by atoms with Crippen LogP contribution in [0.3, 0.4) is 0 Å². The third-order valence-electron chi connectivity index (χ3n) is 5.56. The normalized spacial score (nSPS) is 15.0. The number of benzene rings is 2. The van der Waals surface area contributed by atoms with E-state index in [-0.39, 0.29) is 0 Å². The van der Waals surface area contributed by atoms with Crippen LogP contribution in [0.1, 0.15) is 30.5 Å². The first kappa shape index (κ1) is 20.4. The maximum atomic E-state index is 4.36. The van der Waals surface area contributed by atoms with Gasteiger partial charge in [-0.2, -0.15) is 0 Å². The number of allylic oxidation sites excluding steroid dienone is 2. The standard InChI is InChI=1S/C26H33NSi/c1-18(2)22-16-25(27(5)17-26(22)28(6,7)8)24-15-19(3)23(14-20(24)4)21-12-10-9-11-13-21/h9-18H,5H2,1-4,6-8H3. The van der Waals surface area contributed by atoms with Gasteiger partial charge in [-0.05, 0) is 40.8 Å². The van der Waals surface area contributed by atoms with Crippen molar-refractivity contribution in [1.29, 1.82) is 0 Å². The van der Waals surface area contributed by atoms with Gasteiger partial charge in [0.15, 0.2) is 0 Å². The second-order valence-corrected chi connectivity index (χ2v) is 14.3. The third-order valence-corrected chi connectivity index (χ3v) is 7.59. The van der Waals surface area contributed by atoms with Gasteiger partial charge in [0.2, 0.25) is 0 Å². The van der Waals surface area contributed by atoms with Crippen molar-refractivity contribution in [1.82, 2.24) is 0 Å². The summed E-state index contributed by atoms with van der Waals surface area (Å²) >= 11 is 0. The van der Waals surface area contributed by atoms with Crippen molar-refractivity contribution in [2.45, 2.75) is 47.3 Å². The molecule has 0 amide bonds. The zero-order valence-corrected chi connectivity index (χ0v) is 19.4. The Balaban J connectivity index is 2.08. The van der Waals surface area contributed by atoms with Crippen molar-refractivity contribution in [2.24, 2.45) is 5.92 Å². The van der Waals surface area contributed by atoms with Gasteiger partial charge < -0.3 is 0 Å². The predicted molar refractivity (Wildman–Crippen MR) is 125 cm³/mol. The Kier molecular flexibility index (Phi) is 5.54. The number of nitrogens with zero attached hydrogens (tertiary/aromatic N) is 1. The zero-order chi connectivity index (χ0) is 20.6. The number of rotatable bonds is 4. The molecule has 1 aliphatic heterocycles. The highest BCUT2D eigenvalue weighted by atomic mass is 28.3. The molecule has 0 spiro atoms. The molecule has 0 bridgehead atoms. The van der Waals surface area contributed by atoms with E-state index in [1.165, 1.54) is 44.6 Å². The molecule has 28 heavy (non-hydrogen) atoms. The Morgan fingerprint density at radius 1 is 0.964 bits per heavy atom. The van der Waals surface area contributed by atoms with E-state index in [2.05, 4.69) is 113 Å². The lowest BCUT2D eigenvalue weighted by atomic mass is 9.89. The molecule has 146 valence electrons. The van der Waals surface area contributed by atoms with Gasteiger partial charge in [0.05, 0.1) is 14.8 Å². The first-order valence-corrected chi connectivity index (χ1v) is 13.7. The molecule has 2 heteroatoms. The van der Waals surface area contributed by atoms with Gasteiger partial charge in [0, 0.05) is 0 Å². The monoisotopic (exact) mass is 387 g/mol. The summed E-state index contributed by atoms with van der Waals surface area (Å²) in [5.41, 5.74) is 7.91. The van der Waals surface area contributed by atoms with E-state index in [4.69, 9.17) is 0 Å². The van der Waals surface area contributed by atoms with Gasteiger partial charge in [0.1, 0.15) is 12.2 Å². The van der Waals surface area contributed by atoms with Crippen LogP contribution in [0.5, 0.6) is 0 Å². The third kappa shape index (κ3) is 3.93. The molecule has 0 aliphatic carbocycles. The molecule has 2 aromatic rings. The molecule has 1 heterocycles. The van der Waals surface area contributed by atoms with Crippen LogP contribution in [0.15, 0.2) is 65.5 Å². The van der Waals surface area contributed by atoms with Gasteiger partial charge in [-0.25, -0.2) is 0 Å². The highest BCUT2D eigenvalue weighted by molar-refractivity contribution is 6.84. The van der Waals surface area contributed by atoms with E-state index in [0.717, 1.165) is 0 Å². The lowest BCUT2D eigenvalue weighted by molar-refractivity contribution is -0.418. The van der Waals surface area contributed by atoms with Crippen molar-refractivity contribution < 1.29 is 4.58 Å². The predicted octanol–water partition coefficient (Wildman–Crippen LogP) is 6.92. The Labute approximate surface area is 172 Å². The first-order valence-electron chi connectivity index (χ1n) is 10.2. The summed E-state index contributed by atoms with van der Waals surface area (Å²) in [5.74, 6) is 0.506. The Morgan fingerprint density at radius 2 is 1.61 bits per heavy atom. The van der Waals surface area contributed by atoms with Crippen molar-refractivity contribution in [2.75, 3.05) is 0 Å². The van der Waals surface area contributed by atoms with Crippen LogP contribution in [0.25, 0.3) is 11.1 Å². The molecule has 0 unspecified atom stereocenters. The van der Waals surface area contributed by atoms with E-state index < -0.39 is 8.07 Å². The van der Waals surface area contributed by atoms with Gasteiger partial charge in [-0.15, -0.1) is 0 Å². The maximum Gasteiger partial charge on any atom is 0.147 e. The van der Waals surface area contributed by atoms with E-state index in [1.54, 1.807) is 0 Å². The summed E-state index contributed by atoms with van der Waals surface area (Å²) in [7, 11) is -1.43. The quantitative estimate of drug-likeness (QED) is 0.304. The Hall–Kier alpha value is -2.32. The summed E-state index contributed by atoms with van der Waals surface area (Å²) in [6.07, 6.45) is 4.67. The summed E-state index contributed by atoms with van der Waals surface area (Å²) in [4.78, 5) is 0.